The van der Waals surface area contributed by atoms with Crippen molar-refractivity contribution in [1.82, 2.24) is 0 Å². The maximum atomic E-state index is 6.09. The third kappa shape index (κ3) is 5.32. The number of halogens is 2. The minimum Gasteiger partial charge on any atom is -1.00 e. The van der Waals surface area contributed by atoms with Crippen LogP contribution in [0.15, 0.2) is 71.8 Å². The molecule has 0 aromatic heterocycles. The van der Waals surface area contributed by atoms with Crippen LogP contribution in [0.5, 0.6) is 0 Å². The zero-order valence-electron chi connectivity index (χ0n) is 14.7. The van der Waals surface area contributed by atoms with Gasteiger partial charge in [-0.1, -0.05) is 0 Å². The van der Waals surface area contributed by atoms with Crippen LogP contribution in [0.25, 0.3) is 5.57 Å². The number of rotatable bonds is 5. The number of hydrogen-bond acceptors (Lipinski definition) is 1. The van der Waals surface area contributed by atoms with Crippen molar-refractivity contribution in [3.8, 4) is 0 Å². The van der Waals surface area contributed by atoms with Crippen molar-refractivity contribution in [2.24, 2.45) is 5.92 Å². The Hall–Kier alpha value is -0.826. The van der Waals surface area contributed by atoms with Crippen molar-refractivity contribution in [2.45, 2.75) is 27.4 Å². The molecule has 0 bridgehead atoms. The van der Waals surface area contributed by atoms with Crippen LogP contribution in [-0.2, 0) is 29.5 Å². The van der Waals surface area contributed by atoms with Gasteiger partial charge in [-0.3, -0.25) is 0 Å². The SMILES string of the molecule is CC1=CC(C)C(c2cccc[c]2[Ti+2][O]Cc2ccccc2)=C1C.[Cl-].[Cl-]. The summed E-state index contributed by atoms with van der Waals surface area (Å²) in [7, 11) is 0. The molecule has 0 aliphatic heterocycles. The van der Waals surface area contributed by atoms with E-state index in [-0.39, 0.29) is 24.8 Å². The zero-order chi connectivity index (χ0) is 16.2. The van der Waals surface area contributed by atoms with Crippen molar-refractivity contribution in [3.05, 3.63) is 82.9 Å². The van der Waals surface area contributed by atoms with E-state index in [9.17, 15) is 0 Å². The maximum absolute atomic E-state index is 6.09. The number of benzene rings is 2. The molecule has 0 radical (unpaired) electrons. The van der Waals surface area contributed by atoms with Gasteiger partial charge in [0.25, 0.3) is 0 Å². The van der Waals surface area contributed by atoms with Crippen molar-refractivity contribution >= 4 is 9.44 Å². The molecule has 1 atom stereocenters. The molecule has 0 saturated carbocycles. The summed E-state index contributed by atoms with van der Waals surface area (Å²) in [4.78, 5) is 0. The summed E-state index contributed by atoms with van der Waals surface area (Å²) < 4.78 is 7.48. The van der Waals surface area contributed by atoms with Gasteiger partial charge < -0.3 is 24.8 Å². The fraction of sp³-hybridized carbons (Fsp3) is 0.238. The summed E-state index contributed by atoms with van der Waals surface area (Å²) in [6.07, 6.45) is 2.37. The molecule has 3 rings (SSSR count). The molecule has 4 heteroatoms. The maximum Gasteiger partial charge on any atom is -1.00 e. The van der Waals surface area contributed by atoms with Crippen molar-refractivity contribution in [2.75, 3.05) is 0 Å². The molecule has 0 spiro atoms. The topological polar surface area (TPSA) is 9.23 Å². The summed E-state index contributed by atoms with van der Waals surface area (Å²) >= 11 is -0.599. The van der Waals surface area contributed by atoms with Crippen LogP contribution < -0.4 is 28.7 Å². The normalized spacial score (nSPS) is 15.8. The summed E-state index contributed by atoms with van der Waals surface area (Å²) in [6, 6.07) is 19.2. The Morgan fingerprint density at radius 1 is 0.920 bits per heavy atom. The van der Waals surface area contributed by atoms with E-state index in [1.165, 1.54) is 31.7 Å². The quantitative estimate of drug-likeness (QED) is 0.571. The first kappa shape index (κ1) is 22.2. The van der Waals surface area contributed by atoms with Crippen molar-refractivity contribution in [3.63, 3.8) is 0 Å². The Morgan fingerprint density at radius 2 is 1.56 bits per heavy atom. The molecule has 1 unspecified atom stereocenters. The van der Waals surface area contributed by atoms with E-state index in [1.807, 2.05) is 6.07 Å². The van der Waals surface area contributed by atoms with Crippen LogP contribution in [0.3, 0.4) is 0 Å². The number of hydrogen-bond donors (Lipinski definition) is 0. The molecule has 130 valence electrons. The Labute approximate surface area is 172 Å². The third-order valence-corrected chi connectivity index (χ3v) is 5.91. The van der Waals surface area contributed by atoms with Gasteiger partial charge in [-0.2, -0.15) is 0 Å². The van der Waals surface area contributed by atoms with Gasteiger partial charge in [-0.15, -0.1) is 0 Å². The molecule has 2 aromatic rings. The van der Waals surface area contributed by atoms with Crippen LogP contribution in [0.1, 0.15) is 31.9 Å². The zero-order valence-corrected chi connectivity index (χ0v) is 17.8. The molecule has 1 aliphatic rings. The summed E-state index contributed by atoms with van der Waals surface area (Å²) in [5.74, 6) is 0.497. The molecule has 1 aliphatic carbocycles. The fourth-order valence-corrected chi connectivity index (χ4v) is 4.55. The monoisotopic (exact) mass is 408 g/mol. The van der Waals surface area contributed by atoms with Gasteiger partial charge in [0.2, 0.25) is 0 Å². The summed E-state index contributed by atoms with van der Waals surface area (Å²) in [6.45, 7) is 7.45. The van der Waals surface area contributed by atoms with E-state index < -0.39 is 19.5 Å². The predicted octanol–water partition coefficient (Wildman–Crippen LogP) is -1.10. The van der Waals surface area contributed by atoms with Gasteiger partial charge in [-0.05, 0) is 0 Å². The fourth-order valence-electron chi connectivity index (χ4n) is 3.16. The first-order valence-electron chi connectivity index (χ1n) is 8.07. The van der Waals surface area contributed by atoms with Gasteiger partial charge in [-0.25, -0.2) is 0 Å². The Balaban J connectivity index is 0.00000156. The van der Waals surface area contributed by atoms with Gasteiger partial charge in [0.05, 0.1) is 0 Å². The van der Waals surface area contributed by atoms with Gasteiger partial charge in [0.1, 0.15) is 0 Å². The molecule has 0 fully saturated rings. The Morgan fingerprint density at radius 3 is 2.20 bits per heavy atom. The van der Waals surface area contributed by atoms with E-state index in [2.05, 4.69) is 75.4 Å². The van der Waals surface area contributed by atoms with Crippen LogP contribution in [0.2, 0.25) is 0 Å². The predicted molar refractivity (Wildman–Crippen MR) is 92.8 cm³/mol. The third-order valence-electron chi connectivity index (χ3n) is 4.43. The summed E-state index contributed by atoms with van der Waals surface area (Å²) in [5, 5.41) is 0. The van der Waals surface area contributed by atoms with Gasteiger partial charge >= 0.3 is 149 Å². The van der Waals surface area contributed by atoms with Gasteiger partial charge in [0.15, 0.2) is 0 Å². The van der Waals surface area contributed by atoms with Crippen molar-refractivity contribution < 1.29 is 47.7 Å². The second-order valence-corrected chi connectivity index (χ2v) is 7.71. The first-order chi connectivity index (χ1) is 11.2. The molecule has 1 nitrogen and oxygen atoms in total. The first-order valence-corrected chi connectivity index (χ1v) is 9.49. The van der Waals surface area contributed by atoms with E-state index >= 15 is 0 Å². The molecular formula is C21H22Cl2OTi. The molecule has 0 heterocycles. The van der Waals surface area contributed by atoms with Crippen LogP contribution in [-0.4, -0.2) is 0 Å². The molecule has 25 heavy (non-hydrogen) atoms. The van der Waals surface area contributed by atoms with E-state index in [0.29, 0.717) is 12.5 Å². The van der Waals surface area contributed by atoms with Crippen molar-refractivity contribution in [1.29, 1.82) is 0 Å². The minimum absolute atomic E-state index is 0. The molecule has 0 N–H and O–H groups in total. The van der Waals surface area contributed by atoms with Crippen LogP contribution in [0, 0.1) is 5.92 Å². The van der Waals surface area contributed by atoms with Gasteiger partial charge in [0, 0.05) is 0 Å². The largest absolute Gasteiger partial charge is 1.00 e. The minimum atomic E-state index is -0.599. The average molecular weight is 409 g/mol. The van der Waals surface area contributed by atoms with E-state index in [0.717, 1.165) is 0 Å². The van der Waals surface area contributed by atoms with Crippen LogP contribution >= 0.6 is 0 Å². The van der Waals surface area contributed by atoms with E-state index in [1.54, 1.807) is 0 Å². The second kappa shape index (κ2) is 10.4. The van der Waals surface area contributed by atoms with E-state index in [4.69, 9.17) is 3.32 Å². The second-order valence-electron chi connectivity index (χ2n) is 6.10. The Bertz CT molecular complexity index is 754. The number of allylic oxidation sites excluding steroid dienone is 4. The molecule has 0 amide bonds. The molecule has 0 saturated heterocycles. The standard InChI is InChI=1S/C14H15.C7H7O.2ClH.Ti/c1-10-9-11(2)14(12(10)3)13-7-5-4-6-8-13;8-6-7-4-2-1-3-5-7;;;/h4-7,9,11H,1-3H3;1-5H,6H2;2*1H;/q;-1;;;+3/p-2. The smallest absolute Gasteiger partial charge is 1.00 e. The molecular weight excluding hydrogens is 387 g/mol. The van der Waals surface area contributed by atoms with Crippen LogP contribution in [0.4, 0.5) is 0 Å². The summed E-state index contributed by atoms with van der Waals surface area (Å²) in [5.41, 5.74) is 6.95. The Kier molecular flexibility index (Phi) is 9.20. The molecule has 2 aromatic carbocycles. The average Bonchev–Trinajstić information content (AvgIpc) is 2.82.